The van der Waals surface area contributed by atoms with Crippen LogP contribution in [0.2, 0.25) is 0 Å². The highest BCUT2D eigenvalue weighted by Gasteiger charge is 2.00. The monoisotopic (exact) mass is 299 g/mol. The largest absolute Gasteiger partial charge is 0.368 e. The number of aromatic nitrogens is 2. The zero-order valence-electron chi connectivity index (χ0n) is 12.8. The van der Waals surface area contributed by atoms with Crippen LogP contribution >= 0.6 is 0 Å². The fourth-order valence-electron chi connectivity index (χ4n) is 2.27. The molecule has 0 aliphatic heterocycles. The zero-order valence-corrected chi connectivity index (χ0v) is 12.8. The molecule has 0 saturated carbocycles. The van der Waals surface area contributed by atoms with Crippen LogP contribution in [0.1, 0.15) is 12.0 Å². The molecule has 3 rings (SSSR count). The molecule has 0 saturated heterocycles. The van der Waals surface area contributed by atoms with Crippen LogP contribution in [-0.2, 0) is 0 Å². The summed E-state index contributed by atoms with van der Waals surface area (Å²) in [6.45, 7) is 4.74. The summed E-state index contributed by atoms with van der Waals surface area (Å²) in [6, 6.07) is 17.9. The predicted molar refractivity (Wildman–Crippen MR) is 95.9 cm³/mol. The number of benzene rings is 2. The number of nitrogens with zero attached hydrogens (tertiary/aromatic N) is 2. The number of allylic oxidation sites excluding steroid dienone is 1. The Labute approximate surface area is 136 Å². The lowest BCUT2D eigenvalue weighted by atomic mass is 10.1. The lowest BCUT2D eigenvalue weighted by Crippen LogP contribution is -2.03. The number of para-hydroxylation sites is 1. The molecule has 0 amide bonds. The van der Waals surface area contributed by atoms with Crippen LogP contribution in [0, 0.1) is 11.8 Å². The Hall–Kier alpha value is -3.12. The number of anilines is 1. The lowest BCUT2D eigenvalue weighted by molar-refractivity contribution is 1.07. The second kappa shape index (κ2) is 7.24. The fourth-order valence-corrected chi connectivity index (χ4v) is 2.27. The smallest absolute Gasteiger partial charge is 0.137 e. The Morgan fingerprint density at radius 1 is 1.00 bits per heavy atom. The van der Waals surface area contributed by atoms with E-state index in [1.165, 1.54) is 0 Å². The van der Waals surface area contributed by atoms with Crippen molar-refractivity contribution < 1.29 is 0 Å². The molecule has 112 valence electrons. The molecule has 3 heteroatoms. The number of hydrogen-bond donors (Lipinski definition) is 1. The molecule has 0 atom stereocenters. The maximum atomic E-state index is 4.30. The van der Waals surface area contributed by atoms with Crippen molar-refractivity contribution in [3.8, 4) is 11.8 Å². The van der Waals surface area contributed by atoms with Crippen LogP contribution in [0.25, 0.3) is 16.5 Å². The first kappa shape index (κ1) is 14.8. The average molecular weight is 299 g/mol. The van der Waals surface area contributed by atoms with Gasteiger partial charge in [-0.1, -0.05) is 60.9 Å². The molecule has 3 aromatic rings. The molecule has 0 spiro atoms. The van der Waals surface area contributed by atoms with E-state index >= 15 is 0 Å². The van der Waals surface area contributed by atoms with Crippen molar-refractivity contribution in [1.29, 1.82) is 0 Å². The molecule has 0 bridgehead atoms. The van der Waals surface area contributed by atoms with Gasteiger partial charge in [-0.05, 0) is 17.7 Å². The van der Waals surface area contributed by atoms with Gasteiger partial charge in [0.05, 0.1) is 5.52 Å². The van der Waals surface area contributed by atoms with Crippen molar-refractivity contribution in [3.05, 3.63) is 73.1 Å². The molecule has 0 unspecified atom stereocenters. The van der Waals surface area contributed by atoms with Gasteiger partial charge in [0.2, 0.25) is 0 Å². The van der Waals surface area contributed by atoms with Crippen molar-refractivity contribution in [3.63, 3.8) is 0 Å². The van der Waals surface area contributed by atoms with Crippen LogP contribution < -0.4 is 5.32 Å². The van der Waals surface area contributed by atoms with Gasteiger partial charge in [-0.25, -0.2) is 9.97 Å². The van der Waals surface area contributed by atoms with E-state index in [1.54, 1.807) is 6.33 Å². The van der Waals surface area contributed by atoms with E-state index in [0.717, 1.165) is 40.8 Å². The summed E-state index contributed by atoms with van der Waals surface area (Å²) in [6.07, 6.45) is 2.30. The fraction of sp³-hybridized carbons (Fsp3) is 0.100. The molecular formula is C20H17N3. The second-order valence-corrected chi connectivity index (χ2v) is 5.06. The van der Waals surface area contributed by atoms with Crippen LogP contribution in [0.5, 0.6) is 0 Å². The van der Waals surface area contributed by atoms with Gasteiger partial charge in [-0.3, -0.25) is 0 Å². The highest BCUT2D eigenvalue weighted by Crippen LogP contribution is 2.18. The van der Waals surface area contributed by atoms with E-state index in [0.29, 0.717) is 0 Å². The van der Waals surface area contributed by atoms with Crippen molar-refractivity contribution in [2.45, 2.75) is 6.42 Å². The molecule has 1 heterocycles. The van der Waals surface area contributed by atoms with E-state index in [4.69, 9.17) is 0 Å². The molecule has 1 aromatic heterocycles. The number of rotatable bonds is 4. The summed E-state index contributed by atoms with van der Waals surface area (Å²) in [5.41, 5.74) is 2.85. The molecule has 3 nitrogen and oxygen atoms in total. The molecule has 0 aliphatic rings. The van der Waals surface area contributed by atoms with Gasteiger partial charge in [0, 0.05) is 23.9 Å². The molecular weight excluding hydrogens is 282 g/mol. The summed E-state index contributed by atoms with van der Waals surface area (Å²) in [4.78, 5) is 8.55. The quantitative estimate of drug-likeness (QED) is 0.581. The highest BCUT2D eigenvalue weighted by atomic mass is 15.0. The molecule has 1 N–H and O–H groups in total. The van der Waals surface area contributed by atoms with E-state index in [-0.39, 0.29) is 0 Å². The number of nitrogens with one attached hydrogen (secondary N) is 1. The lowest BCUT2D eigenvalue weighted by Gasteiger charge is -2.06. The maximum Gasteiger partial charge on any atom is 0.137 e. The minimum absolute atomic E-state index is 0.726. The van der Waals surface area contributed by atoms with Crippen molar-refractivity contribution in [2.24, 2.45) is 0 Å². The topological polar surface area (TPSA) is 37.8 Å². The van der Waals surface area contributed by atoms with Crippen LogP contribution in [0.4, 0.5) is 5.82 Å². The number of hydrogen-bond acceptors (Lipinski definition) is 3. The predicted octanol–water partition coefficient (Wildman–Crippen LogP) is 4.15. The summed E-state index contributed by atoms with van der Waals surface area (Å²) in [5.74, 6) is 7.10. The minimum Gasteiger partial charge on any atom is -0.368 e. The van der Waals surface area contributed by atoms with Gasteiger partial charge in [0.15, 0.2) is 0 Å². The molecule has 2 aromatic carbocycles. The van der Waals surface area contributed by atoms with Gasteiger partial charge < -0.3 is 5.32 Å². The van der Waals surface area contributed by atoms with Gasteiger partial charge in [0.1, 0.15) is 12.1 Å². The Bertz CT molecular complexity index is 868. The van der Waals surface area contributed by atoms with Crippen molar-refractivity contribution >= 4 is 22.3 Å². The summed E-state index contributed by atoms with van der Waals surface area (Å²) in [5, 5.41) is 4.34. The van der Waals surface area contributed by atoms with E-state index in [2.05, 4.69) is 33.7 Å². The van der Waals surface area contributed by atoms with Gasteiger partial charge >= 0.3 is 0 Å². The zero-order chi connectivity index (χ0) is 15.9. The third-order valence-corrected chi connectivity index (χ3v) is 3.45. The third-order valence-electron chi connectivity index (χ3n) is 3.45. The Balaban J connectivity index is 1.58. The minimum atomic E-state index is 0.726. The normalized spacial score (nSPS) is 9.91. The van der Waals surface area contributed by atoms with Gasteiger partial charge in [-0.2, -0.15) is 0 Å². The Morgan fingerprint density at radius 2 is 1.78 bits per heavy atom. The molecule has 0 radical (unpaired) electrons. The van der Waals surface area contributed by atoms with Gasteiger partial charge in [-0.15, -0.1) is 0 Å². The van der Waals surface area contributed by atoms with Crippen LogP contribution in [0.15, 0.2) is 67.5 Å². The Kier molecular flexibility index (Phi) is 4.66. The Morgan fingerprint density at radius 3 is 2.65 bits per heavy atom. The second-order valence-electron chi connectivity index (χ2n) is 5.06. The van der Waals surface area contributed by atoms with Crippen LogP contribution in [-0.4, -0.2) is 16.5 Å². The van der Waals surface area contributed by atoms with E-state index < -0.39 is 0 Å². The first-order valence-electron chi connectivity index (χ1n) is 7.51. The first-order valence-corrected chi connectivity index (χ1v) is 7.51. The highest BCUT2D eigenvalue weighted by molar-refractivity contribution is 5.88. The first-order chi connectivity index (χ1) is 11.3. The van der Waals surface area contributed by atoms with Crippen molar-refractivity contribution in [1.82, 2.24) is 9.97 Å². The van der Waals surface area contributed by atoms with E-state index in [1.807, 2.05) is 54.6 Å². The molecule has 0 aliphatic carbocycles. The SMILES string of the molecule is C=C(C#CCCNc1ncnc2ccccc12)c1ccccc1. The third kappa shape index (κ3) is 3.75. The maximum absolute atomic E-state index is 4.30. The molecule has 0 fully saturated rings. The van der Waals surface area contributed by atoms with Crippen molar-refractivity contribution in [2.75, 3.05) is 11.9 Å². The number of fused-ring (bicyclic) bond motifs is 1. The summed E-state index contributed by atoms with van der Waals surface area (Å²) < 4.78 is 0. The summed E-state index contributed by atoms with van der Waals surface area (Å²) >= 11 is 0. The average Bonchev–Trinajstić information content (AvgIpc) is 2.62. The summed E-state index contributed by atoms with van der Waals surface area (Å²) in [7, 11) is 0. The molecule has 23 heavy (non-hydrogen) atoms. The van der Waals surface area contributed by atoms with Crippen LogP contribution in [0.3, 0.4) is 0 Å². The van der Waals surface area contributed by atoms with Gasteiger partial charge in [0.25, 0.3) is 0 Å². The van der Waals surface area contributed by atoms with E-state index in [9.17, 15) is 0 Å². The standard InChI is InChI=1S/C20H17N3/c1-16(17-10-3-2-4-11-17)9-7-8-14-21-20-18-12-5-6-13-19(18)22-15-23-20/h2-6,10-13,15H,1,8,14H2,(H,21,22,23).